The summed E-state index contributed by atoms with van der Waals surface area (Å²) in [5, 5.41) is 10.3. The molecule has 1 heterocycles. The van der Waals surface area contributed by atoms with Gasteiger partial charge in [-0.3, -0.25) is 4.68 Å². The van der Waals surface area contributed by atoms with Crippen LogP contribution in [0.25, 0.3) is 0 Å². The van der Waals surface area contributed by atoms with Crippen molar-refractivity contribution >= 4 is 23.3 Å². The number of amides is 2. The van der Waals surface area contributed by atoms with E-state index in [1.807, 2.05) is 33.0 Å². The molecular weight excluding hydrogens is 276 g/mol. The third-order valence-electron chi connectivity index (χ3n) is 3.21. The number of aryl methyl sites for hydroxylation is 2. The van der Waals surface area contributed by atoms with Gasteiger partial charge in [-0.15, -0.1) is 0 Å². The number of halogens is 1. The molecule has 106 valence electrons. The zero-order chi connectivity index (χ0) is 14.7. The number of carbonyl (C=O) groups is 1. The van der Waals surface area contributed by atoms with Crippen LogP contribution in [0.1, 0.15) is 17.0 Å². The first-order valence-electron chi connectivity index (χ1n) is 6.27. The van der Waals surface area contributed by atoms with Crippen LogP contribution in [-0.2, 0) is 13.6 Å². The highest BCUT2D eigenvalue weighted by Gasteiger charge is 2.11. The molecule has 20 heavy (non-hydrogen) atoms. The van der Waals surface area contributed by atoms with E-state index in [0.29, 0.717) is 17.3 Å². The van der Waals surface area contributed by atoms with Gasteiger partial charge >= 0.3 is 6.03 Å². The largest absolute Gasteiger partial charge is 0.334 e. The van der Waals surface area contributed by atoms with Gasteiger partial charge in [-0.2, -0.15) is 5.10 Å². The van der Waals surface area contributed by atoms with Crippen LogP contribution in [0.15, 0.2) is 24.3 Å². The summed E-state index contributed by atoms with van der Waals surface area (Å²) < 4.78 is 1.80. The average molecular weight is 293 g/mol. The number of benzene rings is 1. The van der Waals surface area contributed by atoms with Crippen LogP contribution in [0.2, 0.25) is 5.02 Å². The van der Waals surface area contributed by atoms with Crippen LogP contribution in [0.4, 0.5) is 10.5 Å². The molecule has 0 saturated heterocycles. The van der Waals surface area contributed by atoms with E-state index in [2.05, 4.69) is 15.7 Å². The van der Waals surface area contributed by atoms with Gasteiger partial charge in [0.2, 0.25) is 0 Å². The number of nitrogens with zero attached hydrogens (tertiary/aromatic N) is 2. The molecule has 0 spiro atoms. The molecule has 2 rings (SSSR count). The first-order chi connectivity index (χ1) is 9.49. The summed E-state index contributed by atoms with van der Waals surface area (Å²) in [6.45, 7) is 4.33. The average Bonchev–Trinajstić information content (AvgIpc) is 2.64. The van der Waals surface area contributed by atoms with Gasteiger partial charge in [0.25, 0.3) is 0 Å². The zero-order valence-corrected chi connectivity index (χ0v) is 12.5. The van der Waals surface area contributed by atoms with Crippen molar-refractivity contribution in [3.8, 4) is 0 Å². The first-order valence-corrected chi connectivity index (χ1v) is 6.65. The van der Waals surface area contributed by atoms with Crippen molar-refractivity contribution in [1.82, 2.24) is 15.1 Å². The number of carbonyl (C=O) groups excluding carboxylic acids is 1. The number of nitrogens with one attached hydrogen (secondary N) is 2. The van der Waals surface area contributed by atoms with Gasteiger partial charge in [0.1, 0.15) is 0 Å². The van der Waals surface area contributed by atoms with Crippen LogP contribution in [0, 0.1) is 13.8 Å². The van der Waals surface area contributed by atoms with Crippen molar-refractivity contribution in [3.05, 3.63) is 46.2 Å². The van der Waals surface area contributed by atoms with Gasteiger partial charge in [0.05, 0.1) is 16.4 Å². The molecule has 0 aliphatic carbocycles. The maximum Gasteiger partial charge on any atom is 0.319 e. The third-order valence-corrected chi connectivity index (χ3v) is 3.54. The Morgan fingerprint density at radius 3 is 2.65 bits per heavy atom. The van der Waals surface area contributed by atoms with Gasteiger partial charge < -0.3 is 10.6 Å². The Hall–Kier alpha value is -2.01. The van der Waals surface area contributed by atoms with E-state index in [1.54, 1.807) is 16.8 Å². The molecule has 0 bridgehead atoms. The Balaban J connectivity index is 1.98. The lowest BCUT2D eigenvalue weighted by atomic mass is 10.2. The van der Waals surface area contributed by atoms with E-state index >= 15 is 0 Å². The lowest BCUT2D eigenvalue weighted by Gasteiger charge is -2.09. The highest BCUT2D eigenvalue weighted by molar-refractivity contribution is 6.33. The van der Waals surface area contributed by atoms with Crippen molar-refractivity contribution in [2.45, 2.75) is 20.4 Å². The molecule has 2 amide bonds. The van der Waals surface area contributed by atoms with E-state index in [4.69, 9.17) is 11.6 Å². The summed E-state index contributed by atoms with van der Waals surface area (Å²) in [5.74, 6) is 0. The standard InChI is InChI=1S/C14H17ClN4O/c1-9-11(10(2)19(3)18-9)8-16-14(20)17-13-7-5-4-6-12(13)15/h4-7H,8H2,1-3H3,(H2,16,17,20). The number of aromatic nitrogens is 2. The molecular formula is C14H17ClN4O. The number of hydrogen-bond donors (Lipinski definition) is 2. The van der Waals surface area contributed by atoms with Crippen LogP contribution in [0.3, 0.4) is 0 Å². The fourth-order valence-corrected chi connectivity index (χ4v) is 2.15. The van der Waals surface area contributed by atoms with Gasteiger partial charge in [0.15, 0.2) is 0 Å². The number of anilines is 1. The molecule has 0 saturated carbocycles. The lowest BCUT2D eigenvalue weighted by Crippen LogP contribution is -2.28. The van der Waals surface area contributed by atoms with E-state index in [9.17, 15) is 4.79 Å². The molecule has 2 N–H and O–H groups in total. The summed E-state index contributed by atoms with van der Waals surface area (Å²) in [6, 6.07) is 6.82. The molecule has 0 aliphatic heterocycles. The van der Waals surface area contributed by atoms with E-state index < -0.39 is 0 Å². The maximum atomic E-state index is 11.9. The first kappa shape index (κ1) is 14.4. The van der Waals surface area contributed by atoms with Crippen molar-refractivity contribution in [1.29, 1.82) is 0 Å². The van der Waals surface area contributed by atoms with Crippen LogP contribution < -0.4 is 10.6 Å². The Labute approximate surface area is 122 Å². The molecule has 6 heteroatoms. The predicted molar refractivity (Wildman–Crippen MR) is 80.0 cm³/mol. The molecule has 0 aliphatic rings. The van der Waals surface area contributed by atoms with E-state index in [-0.39, 0.29) is 6.03 Å². The fraction of sp³-hybridized carbons (Fsp3) is 0.286. The number of urea groups is 1. The molecule has 0 atom stereocenters. The number of hydrogen-bond acceptors (Lipinski definition) is 2. The van der Waals surface area contributed by atoms with Crippen molar-refractivity contribution in [3.63, 3.8) is 0 Å². The number of para-hydroxylation sites is 1. The monoisotopic (exact) mass is 292 g/mol. The second-order valence-corrected chi connectivity index (χ2v) is 4.97. The second kappa shape index (κ2) is 5.96. The summed E-state index contributed by atoms with van der Waals surface area (Å²) in [5.41, 5.74) is 3.58. The highest BCUT2D eigenvalue weighted by Crippen LogP contribution is 2.20. The fourth-order valence-electron chi connectivity index (χ4n) is 1.97. The van der Waals surface area contributed by atoms with Gasteiger partial charge in [-0.1, -0.05) is 23.7 Å². The molecule has 0 fully saturated rings. The Kier molecular flexibility index (Phi) is 4.29. The Morgan fingerprint density at radius 2 is 2.05 bits per heavy atom. The van der Waals surface area contributed by atoms with Crippen LogP contribution in [0.5, 0.6) is 0 Å². The summed E-state index contributed by atoms with van der Waals surface area (Å²) in [7, 11) is 1.88. The van der Waals surface area contributed by atoms with E-state index in [1.165, 1.54) is 0 Å². The summed E-state index contributed by atoms with van der Waals surface area (Å²) in [4.78, 5) is 11.9. The maximum absolute atomic E-state index is 11.9. The predicted octanol–water partition coefficient (Wildman–Crippen LogP) is 3.01. The van der Waals surface area contributed by atoms with Crippen molar-refractivity contribution in [2.75, 3.05) is 5.32 Å². The zero-order valence-electron chi connectivity index (χ0n) is 11.7. The SMILES string of the molecule is Cc1nn(C)c(C)c1CNC(=O)Nc1ccccc1Cl. The second-order valence-electron chi connectivity index (χ2n) is 4.56. The lowest BCUT2D eigenvalue weighted by molar-refractivity contribution is 0.251. The summed E-state index contributed by atoms with van der Waals surface area (Å²) in [6.07, 6.45) is 0. The highest BCUT2D eigenvalue weighted by atomic mass is 35.5. The normalized spacial score (nSPS) is 10.4. The minimum atomic E-state index is -0.291. The van der Waals surface area contributed by atoms with Crippen LogP contribution >= 0.6 is 11.6 Å². The Bertz CT molecular complexity index is 636. The van der Waals surface area contributed by atoms with Gasteiger partial charge in [-0.05, 0) is 26.0 Å². The molecule has 5 nitrogen and oxygen atoms in total. The molecule has 1 aromatic carbocycles. The summed E-state index contributed by atoms with van der Waals surface area (Å²) >= 11 is 5.98. The molecule has 2 aromatic rings. The Morgan fingerprint density at radius 1 is 1.35 bits per heavy atom. The van der Waals surface area contributed by atoms with Gasteiger partial charge in [-0.25, -0.2) is 4.79 Å². The topological polar surface area (TPSA) is 59.0 Å². The van der Waals surface area contributed by atoms with Crippen molar-refractivity contribution in [2.24, 2.45) is 7.05 Å². The molecule has 1 aromatic heterocycles. The quantitative estimate of drug-likeness (QED) is 0.913. The third kappa shape index (κ3) is 3.11. The molecule has 0 unspecified atom stereocenters. The van der Waals surface area contributed by atoms with Gasteiger partial charge in [0, 0.05) is 24.8 Å². The minimum Gasteiger partial charge on any atom is -0.334 e. The van der Waals surface area contributed by atoms with E-state index in [0.717, 1.165) is 17.0 Å². The van der Waals surface area contributed by atoms with Crippen LogP contribution in [-0.4, -0.2) is 15.8 Å². The number of rotatable bonds is 3. The van der Waals surface area contributed by atoms with Crippen molar-refractivity contribution < 1.29 is 4.79 Å². The smallest absolute Gasteiger partial charge is 0.319 e. The minimum absolute atomic E-state index is 0.291. The molecule has 0 radical (unpaired) electrons.